The van der Waals surface area contributed by atoms with Crippen LogP contribution in [0.1, 0.15) is 24.8 Å². The molecule has 0 bridgehead atoms. The van der Waals surface area contributed by atoms with E-state index < -0.39 is 23.8 Å². The maximum Gasteiger partial charge on any atom is 0.312 e. The summed E-state index contributed by atoms with van der Waals surface area (Å²) < 4.78 is 13.1. The molecule has 0 saturated heterocycles. The molecule has 1 amide bonds. The van der Waals surface area contributed by atoms with Crippen molar-refractivity contribution in [2.45, 2.75) is 24.8 Å². The molecule has 0 spiro atoms. The number of carbonyl (C=O) groups is 2. The Morgan fingerprint density at radius 1 is 1.41 bits per heavy atom. The van der Waals surface area contributed by atoms with Crippen LogP contribution in [-0.4, -0.2) is 17.0 Å². The minimum absolute atomic E-state index is 0.360. The number of carboxylic acid groups (broad SMARTS) is 1. The van der Waals surface area contributed by atoms with Crippen molar-refractivity contribution >= 4 is 11.9 Å². The summed E-state index contributed by atoms with van der Waals surface area (Å²) in [6.45, 7) is 0. The summed E-state index contributed by atoms with van der Waals surface area (Å²) in [5, 5.41) is 11.2. The van der Waals surface area contributed by atoms with Gasteiger partial charge in [-0.15, -0.1) is 0 Å². The third-order valence-corrected chi connectivity index (χ3v) is 2.82. The highest BCUT2D eigenvalue weighted by Crippen LogP contribution is 2.45. The van der Waals surface area contributed by atoms with Crippen molar-refractivity contribution in [2.75, 3.05) is 0 Å². The molecule has 1 aliphatic rings. The van der Waals surface area contributed by atoms with Crippen LogP contribution >= 0.6 is 0 Å². The van der Waals surface area contributed by atoms with E-state index in [0.29, 0.717) is 18.4 Å². The Kier molecular flexibility index (Phi) is 2.83. The number of carbonyl (C=O) groups excluding carboxylic acids is 1. The summed E-state index contributed by atoms with van der Waals surface area (Å²) in [6.07, 6.45) is 0.862. The van der Waals surface area contributed by atoms with Crippen molar-refractivity contribution in [3.8, 4) is 0 Å². The molecular weight excluding hydrogens is 225 g/mol. The number of nitrogens with one attached hydrogen (secondary N) is 1. The zero-order valence-electron chi connectivity index (χ0n) is 9.07. The van der Waals surface area contributed by atoms with Gasteiger partial charge in [0.1, 0.15) is 12.2 Å². The molecule has 1 aromatic carbocycles. The number of hydrogen-bond donors (Lipinski definition) is 2. The van der Waals surface area contributed by atoms with Crippen LogP contribution in [0, 0.1) is 5.82 Å². The molecule has 0 unspecified atom stereocenters. The number of amides is 1. The van der Waals surface area contributed by atoms with E-state index >= 15 is 0 Å². The quantitative estimate of drug-likeness (QED) is 0.778. The summed E-state index contributed by atoms with van der Waals surface area (Å²) in [7, 11) is 0. The zero-order chi connectivity index (χ0) is 12.5. The number of rotatable bonds is 4. The standard InChI is InChI=1S/C12H12FNO3/c13-9-3-1-2-8(6-9)12(4-5-12)14-10(15)7-11(16)17/h1-3,6H,4-5,7H2,(H,14,15)(H,16,17). The van der Waals surface area contributed by atoms with Gasteiger partial charge < -0.3 is 10.4 Å². The van der Waals surface area contributed by atoms with Gasteiger partial charge in [-0.1, -0.05) is 12.1 Å². The van der Waals surface area contributed by atoms with Crippen molar-refractivity contribution < 1.29 is 19.1 Å². The Morgan fingerprint density at radius 3 is 2.65 bits per heavy atom. The van der Waals surface area contributed by atoms with Crippen molar-refractivity contribution in [3.63, 3.8) is 0 Å². The van der Waals surface area contributed by atoms with Crippen LogP contribution in [0.25, 0.3) is 0 Å². The highest BCUT2D eigenvalue weighted by atomic mass is 19.1. The summed E-state index contributed by atoms with van der Waals surface area (Å²) in [6, 6.07) is 6.01. The molecule has 0 aliphatic heterocycles. The maximum atomic E-state index is 13.1. The molecule has 1 saturated carbocycles. The number of hydrogen-bond acceptors (Lipinski definition) is 2. The van der Waals surface area contributed by atoms with Crippen LogP contribution in [0.4, 0.5) is 4.39 Å². The molecular formula is C12H12FNO3. The first-order valence-corrected chi connectivity index (χ1v) is 5.31. The first-order valence-electron chi connectivity index (χ1n) is 5.31. The molecule has 0 atom stereocenters. The second-order valence-electron chi connectivity index (χ2n) is 4.21. The third-order valence-electron chi connectivity index (χ3n) is 2.82. The fourth-order valence-corrected chi connectivity index (χ4v) is 1.85. The lowest BCUT2D eigenvalue weighted by atomic mass is 10.0. The van der Waals surface area contributed by atoms with Crippen molar-refractivity contribution in [3.05, 3.63) is 35.6 Å². The molecule has 0 heterocycles. The molecule has 17 heavy (non-hydrogen) atoms. The van der Waals surface area contributed by atoms with Crippen LogP contribution in [0.3, 0.4) is 0 Å². The lowest BCUT2D eigenvalue weighted by Gasteiger charge is -2.17. The van der Waals surface area contributed by atoms with E-state index in [4.69, 9.17) is 5.11 Å². The molecule has 5 heteroatoms. The second kappa shape index (κ2) is 4.16. The summed E-state index contributed by atoms with van der Waals surface area (Å²) in [5.74, 6) is -2.07. The minimum Gasteiger partial charge on any atom is -0.481 e. The summed E-state index contributed by atoms with van der Waals surface area (Å²) in [4.78, 5) is 21.8. The van der Waals surface area contributed by atoms with Gasteiger partial charge in [0.15, 0.2) is 0 Å². The topological polar surface area (TPSA) is 66.4 Å². The van der Waals surface area contributed by atoms with Gasteiger partial charge in [-0.2, -0.15) is 0 Å². The summed E-state index contributed by atoms with van der Waals surface area (Å²) in [5.41, 5.74) is 0.130. The van der Waals surface area contributed by atoms with Crippen LogP contribution in [-0.2, 0) is 15.1 Å². The highest BCUT2D eigenvalue weighted by molar-refractivity contribution is 5.93. The van der Waals surface area contributed by atoms with Gasteiger partial charge in [-0.3, -0.25) is 9.59 Å². The number of carboxylic acids is 1. The average Bonchev–Trinajstić information content (AvgIpc) is 2.97. The lowest BCUT2D eigenvalue weighted by molar-refractivity contribution is -0.140. The van der Waals surface area contributed by atoms with Crippen LogP contribution < -0.4 is 5.32 Å². The van der Waals surface area contributed by atoms with E-state index in [1.807, 2.05) is 0 Å². The first kappa shape index (κ1) is 11.6. The fourth-order valence-electron chi connectivity index (χ4n) is 1.85. The molecule has 1 aromatic rings. The van der Waals surface area contributed by atoms with Crippen molar-refractivity contribution in [1.29, 1.82) is 0 Å². The smallest absolute Gasteiger partial charge is 0.312 e. The van der Waals surface area contributed by atoms with Crippen LogP contribution in [0.15, 0.2) is 24.3 Å². The van der Waals surface area contributed by atoms with Gasteiger partial charge in [0.05, 0.1) is 5.54 Å². The first-order chi connectivity index (χ1) is 8.02. The van der Waals surface area contributed by atoms with E-state index in [-0.39, 0.29) is 5.82 Å². The fraction of sp³-hybridized carbons (Fsp3) is 0.333. The highest BCUT2D eigenvalue weighted by Gasteiger charge is 2.45. The van der Waals surface area contributed by atoms with Crippen molar-refractivity contribution in [2.24, 2.45) is 0 Å². The molecule has 90 valence electrons. The number of aliphatic carboxylic acids is 1. The largest absolute Gasteiger partial charge is 0.481 e. The van der Waals surface area contributed by atoms with E-state index in [0.717, 1.165) is 0 Å². The maximum absolute atomic E-state index is 13.1. The minimum atomic E-state index is -1.17. The molecule has 1 fully saturated rings. The van der Waals surface area contributed by atoms with Gasteiger partial charge in [-0.25, -0.2) is 4.39 Å². The predicted octanol–water partition coefficient (Wildman–Crippen LogP) is 1.41. The lowest BCUT2D eigenvalue weighted by Crippen LogP contribution is -2.35. The molecule has 0 radical (unpaired) electrons. The average molecular weight is 237 g/mol. The van der Waals surface area contributed by atoms with Crippen LogP contribution in [0.5, 0.6) is 0 Å². The van der Waals surface area contributed by atoms with Gasteiger partial charge in [-0.05, 0) is 30.5 Å². The number of halogens is 1. The monoisotopic (exact) mass is 237 g/mol. The van der Waals surface area contributed by atoms with Crippen LogP contribution in [0.2, 0.25) is 0 Å². The SMILES string of the molecule is O=C(O)CC(=O)NC1(c2cccc(F)c2)CC1. The third kappa shape index (κ3) is 2.61. The molecule has 1 aliphatic carbocycles. The van der Waals surface area contributed by atoms with Crippen molar-refractivity contribution in [1.82, 2.24) is 5.32 Å². The van der Waals surface area contributed by atoms with E-state index in [9.17, 15) is 14.0 Å². The van der Waals surface area contributed by atoms with Gasteiger partial charge in [0.25, 0.3) is 0 Å². The van der Waals surface area contributed by atoms with E-state index in [1.165, 1.54) is 12.1 Å². The zero-order valence-corrected chi connectivity index (χ0v) is 9.07. The van der Waals surface area contributed by atoms with Gasteiger partial charge >= 0.3 is 5.97 Å². The summed E-state index contributed by atoms with van der Waals surface area (Å²) >= 11 is 0. The molecule has 2 rings (SSSR count). The Balaban J connectivity index is 2.10. The normalized spacial score (nSPS) is 16.3. The predicted molar refractivity (Wildman–Crippen MR) is 57.7 cm³/mol. The van der Waals surface area contributed by atoms with Gasteiger partial charge in [0, 0.05) is 0 Å². The van der Waals surface area contributed by atoms with E-state index in [2.05, 4.69) is 5.32 Å². The molecule has 2 N–H and O–H groups in total. The van der Waals surface area contributed by atoms with E-state index in [1.54, 1.807) is 12.1 Å². The second-order valence-corrected chi connectivity index (χ2v) is 4.21. The Bertz CT molecular complexity index is 469. The Morgan fingerprint density at radius 2 is 2.12 bits per heavy atom. The Labute approximate surface area is 97.4 Å². The van der Waals surface area contributed by atoms with Gasteiger partial charge in [0.2, 0.25) is 5.91 Å². The number of benzene rings is 1. The Hall–Kier alpha value is -1.91. The molecule has 4 nitrogen and oxygen atoms in total. The molecule has 0 aromatic heterocycles.